The average molecular weight is 242 g/mol. The van der Waals surface area contributed by atoms with Gasteiger partial charge in [-0.05, 0) is 23.6 Å². The summed E-state index contributed by atoms with van der Waals surface area (Å²) in [6.07, 6.45) is 0. The Morgan fingerprint density at radius 2 is 1.88 bits per heavy atom. The minimum absolute atomic E-state index is 0.509. The molecule has 0 spiro atoms. The summed E-state index contributed by atoms with van der Waals surface area (Å²) in [4.78, 5) is 9.54. The molecule has 0 unspecified atom stereocenters. The number of aromatic nitrogens is 2. The lowest BCUT2D eigenvalue weighted by Gasteiger charge is -2.05. The summed E-state index contributed by atoms with van der Waals surface area (Å²) in [5.74, 6) is 1.04. The van der Waals surface area contributed by atoms with Crippen molar-refractivity contribution in [1.29, 1.82) is 0 Å². The second-order valence-corrected chi connectivity index (χ2v) is 4.46. The van der Waals surface area contributed by atoms with E-state index in [1.54, 1.807) is 11.3 Å². The molecule has 84 valence electrons. The molecule has 0 aliphatic carbocycles. The van der Waals surface area contributed by atoms with Crippen LogP contribution in [-0.2, 0) is 0 Å². The zero-order valence-electron chi connectivity index (χ0n) is 8.92. The van der Waals surface area contributed by atoms with Crippen LogP contribution in [0.5, 0.6) is 0 Å². The number of nitrogen functional groups attached to an aromatic ring is 1. The molecule has 3 rings (SSSR count). The molecule has 0 radical (unpaired) electrons. The second-order valence-electron chi connectivity index (χ2n) is 3.56. The lowest BCUT2D eigenvalue weighted by molar-refractivity contribution is 1.23. The van der Waals surface area contributed by atoms with E-state index >= 15 is 0 Å². The van der Waals surface area contributed by atoms with Crippen molar-refractivity contribution in [3.8, 4) is 0 Å². The standard InChI is InChI=1S/C12H10N4S/c13-10-9-6-7-17-11(9)16-12(15-10)14-8-4-2-1-3-5-8/h1-7H,(H3,13,14,15,16). The summed E-state index contributed by atoms with van der Waals surface area (Å²) >= 11 is 1.56. The molecule has 0 fully saturated rings. The van der Waals surface area contributed by atoms with Gasteiger partial charge in [0.25, 0.3) is 0 Å². The molecule has 3 aromatic rings. The molecule has 0 saturated carbocycles. The average Bonchev–Trinajstić information content (AvgIpc) is 2.79. The number of hydrogen-bond acceptors (Lipinski definition) is 5. The highest BCUT2D eigenvalue weighted by Gasteiger charge is 2.05. The Bertz CT molecular complexity index is 648. The number of thiophene rings is 1. The quantitative estimate of drug-likeness (QED) is 0.725. The van der Waals surface area contributed by atoms with E-state index in [1.165, 1.54) is 0 Å². The third-order valence-electron chi connectivity index (χ3n) is 2.38. The molecular weight excluding hydrogens is 232 g/mol. The molecule has 0 bridgehead atoms. The van der Waals surface area contributed by atoms with Gasteiger partial charge in [0.1, 0.15) is 10.6 Å². The summed E-state index contributed by atoms with van der Waals surface area (Å²) in [6, 6.07) is 11.7. The lowest BCUT2D eigenvalue weighted by atomic mass is 10.3. The monoisotopic (exact) mass is 242 g/mol. The molecule has 1 aromatic carbocycles. The summed E-state index contributed by atoms with van der Waals surface area (Å²) in [7, 11) is 0. The van der Waals surface area contributed by atoms with Gasteiger partial charge < -0.3 is 11.1 Å². The van der Waals surface area contributed by atoms with Crippen LogP contribution in [0.25, 0.3) is 10.2 Å². The van der Waals surface area contributed by atoms with Gasteiger partial charge >= 0.3 is 0 Å². The first kappa shape index (κ1) is 10.0. The third-order valence-corrected chi connectivity index (χ3v) is 3.19. The van der Waals surface area contributed by atoms with Crippen LogP contribution in [0, 0.1) is 0 Å². The number of hydrogen-bond donors (Lipinski definition) is 2. The van der Waals surface area contributed by atoms with E-state index in [4.69, 9.17) is 5.73 Å². The van der Waals surface area contributed by atoms with Gasteiger partial charge in [-0.15, -0.1) is 11.3 Å². The van der Waals surface area contributed by atoms with Gasteiger partial charge in [0.05, 0.1) is 5.39 Å². The number of nitrogens with one attached hydrogen (secondary N) is 1. The SMILES string of the molecule is Nc1nc(Nc2ccccc2)nc2sccc12. The van der Waals surface area contributed by atoms with E-state index in [-0.39, 0.29) is 0 Å². The van der Waals surface area contributed by atoms with Gasteiger partial charge in [-0.25, -0.2) is 4.98 Å². The van der Waals surface area contributed by atoms with Crippen molar-refractivity contribution >= 4 is 39.0 Å². The van der Waals surface area contributed by atoms with Crippen LogP contribution in [0.1, 0.15) is 0 Å². The molecule has 2 aromatic heterocycles. The van der Waals surface area contributed by atoms with Crippen molar-refractivity contribution in [2.45, 2.75) is 0 Å². The zero-order chi connectivity index (χ0) is 11.7. The number of benzene rings is 1. The number of fused-ring (bicyclic) bond motifs is 1. The van der Waals surface area contributed by atoms with Gasteiger partial charge in [-0.3, -0.25) is 0 Å². The van der Waals surface area contributed by atoms with Crippen LogP contribution < -0.4 is 11.1 Å². The van der Waals surface area contributed by atoms with Crippen molar-refractivity contribution in [3.05, 3.63) is 41.8 Å². The number of para-hydroxylation sites is 1. The molecule has 5 heteroatoms. The number of rotatable bonds is 2. The number of anilines is 3. The van der Waals surface area contributed by atoms with Crippen LogP contribution in [0.4, 0.5) is 17.5 Å². The highest BCUT2D eigenvalue weighted by molar-refractivity contribution is 7.16. The fourth-order valence-electron chi connectivity index (χ4n) is 1.58. The minimum Gasteiger partial charge on any atom is -0.383 e. The van der Waals surface area contributed by atoms with E-state index in [9.17, 15) is 0 Å². The second kappa shape index (κ2) is 4.03. The Labute approximate surface area is 102 Å². The molecule has 17 heavy (non-hydrogen) atoms. The van der Waals surface area contributed by atoms with Gasteiger partial charge in [0, 0.05) is 5.69 Å². The van der Waals surface area contributed by atoms with Crippen LogP contribution >= 0.6 is 11.3 Å². The van der Waals surface area contributed by atoms with Gasteiger partial charge in [-0.1, -0.05) is 18.2 Å². The third kappa shape index (κ3) is 1.92. The smallest absolute Gasteiger partial charge is 0.230 e. The van der Waals surface area contributed by atoms with E-state index in [1.807, 2.05) is 41.8 Å². The maximum absolute atomic E-state index is 5.87. The molecule has 2 heterocycles. The normalized spacial score (nSPS) is 10.6. The first-order valence-electron chi connectivity index (χ1n) is 5.16. The molecule has 0 saturated heterocycles. The van der Waals surface area contributed by atoms with Crippen molar-refractivity contribution in [3.63, 3.8) is 0 Å². The van der Waals surface area contributed by atoms with Crippen molar-refractivity contribution < 1.29 is 0 Å². The highest BCUT2D eigenvalue weighted by atomic mass is 32.1. The van der Waals surface area contributed by atoms with Crippen LogP contribution in [-0.4, -0.2) is 9.97 Å². The van der Waals surface area contributed by atoms with Gasteiger partial charge in [-0.2, -0.15) is 4.98 Å². The summed E-state index contributed by atoms with van der Waals surface area (Å²) < 4.78 is 0. The molecule has 0 amide bonds. The van der Waals surface area contributed by atoms with E-state index in [2.05, 4.69) is 15.3 Å². The maximum atomic E-state index is 5.87. The van der Waals surface area contributed by atoms with E-state index < -0.39 is 0 Å². The lowest BCUT2D eigenvalue weighted by Crippen LogP contribution is -2.00. The predicted octanol–water partition coefficient (Wildman–Crippen LogP) is 3.02. The molecule has 0 aliphatic heterocycles. The molecule has 4 nitrogen and oxygen atoms in total. The molecule has 3 N–H and O–H groups in total. The minimum atomic E-state index is 0.509. The zero-order valence-corrected chi connectivity index (χ0v) is 9.74. The summed E-state index contributed by atoms with van der Waals surface area (Å²) in [6.45, 7) is 0. The van der Waals surface area contributed by atoms with Gasteiger partial charge in [0.15, 0.2) is 0 Å². The van der Waals surface area contributed by atoms with Crippen molar-refractivity contribution in [2.24, 2.45) is 0 Å². The fraction of sp³-hybridized carbons (Fsp3) is 0. The topological polar surface area (TPSA) is 63.8 Å². The van der Waals surface area contributed by atoms with Crippen molar-refractivity contribution in [2.75, 3.05) is 11.1 Å². The Balaban J connectivity index is 2.01. The van der Waals surface area contributed by atoms with E-state index in [0.29, 0.717) is 11.8 Å². The largest absolute Gasteiger partial charge is 0.383 e. The molecular formula is C12H10N4S. The predicted molar refractivity (Wildman–Crippen MR) is 71.6 cm³/mol. The summed E-state index contributed by atoms with van der Waals surface area (Å²) in [5, 5.41) is 6.00. The summed E-state index contributed by atoms with van der Waals surface area (Å²) in [5.41, 5.74) is 6.82. The van der Waals surface area contributed by atoms with Crippen LogP contribution in [0.3, 0.4) is 0 Å². The number of nitrogens with two attached hydrogens (primary N) is 1. The molecule has 0 aliphatic rings. The van der Waals surface area contributed by atoms with Crippen LogP contribution in [0.2, 0.25) is 0 Å². The Hall–Kier alpha value is -2.14. The molecule has 0 atom stereocenters. The maximum Gasteiger partial charge on any atom is 0.230 e. The Morgan fingerprint density at radius 1 is 1.06 bits per heavy atom. The fourth-order valence-corrected chi connectivity index (χ4v) is 2.36. The van der Waals surface area contributed by atoms with E-state index in [0.717, 1.165) is 15.9 Å². The van der Waals surface area contributed by atoms with Crippen LogP contribution in [0.15, 0.2) is 41.8 Å². The van der Waals surface area contributed by atoms with Crippen molar-refractivity contribution in [1.82, 2.24) is 9.97 Å². The first-order chi connectivity index (χ1) is 8.33. The Morgan fingerprint density at radius 3 is 2.71 bits per heavy atom. The highest BCUT2D eigenvalue weighted by Crippen LogP contribution is 2.25. The van der Waals surface area contributed by atoms with Gasteiger partial charge in [0.2, 0.25) is 5.95 Å². The first-order valence-corrected chi connectivity index (χ1v) is 6.04. The Kier molecular flexibility index (Phi) is 2.38. The number of nitrogens with zero attached hydrogens (tertiary/aromatic N) is 2.